The van der Waals surface area contributed by atoms with Crippen molar-refractivity contribution in [2.24, 2.45) is 5.41 Å². The molecule has 2 rings (SSSR count). The molecule has 0 amide bonds. The Morgan fingerprint density at radius 2 is 1.07 bits per heavy atom. The zero-order valence-electron chi connectivity index (χ0n) is 7.63. The summed E-state index contributed by atoms with van der Waals surface area (Å²) in [7, 11) is -2.99. The van der Waals surface area contributed by atoms with Gasteiger partial charge < -0.3 is 41.4 Å². The molecular formula is C5H10O7P3-3. The van der Waals surface area contributed by atoms with Gasteiger partial charge in [-0.05, 0) is 0 Å². The molecule has 0 N–H and O–H groups in total. The number of hydrogen-bond acceptors (Lipinski definition) is 7. The standard InChI is InChI=1S/C5H10O4P2.O3P/c1-5(2-7-10-6-1)3-8-11-9-4-5;1-4(2)3/h10-11H,1-4H2;/q;-3. The lowest BCUT2D eigenvalue weighted by molar-refractivity contribution is -0.407. The second-order valence-electron chi connectivity index (χ2n) is 3.04. The smallest absolute Gasteiger partial charge is 0.155 e. The highest BCUT2D eigenvalue weighted by Gasteiger charge is 2.37. The van der Waals surface area contributed by atoms with E-state index in [0.717, 1.165) is 0 Å². The molecule has 2 heterocycles. The van der Waals surface area contributed by atoms with Crippen LogP contribution in [-0.4, -0.2) is 26.4 Å². The molecule has 2 aliphatic heterocycles. The van der Waals surface area contributed by atoms with Crippen LogP contribution in [0.3, 0.4) is 0 Å². The molecule has 0 unspecified atom stereocenters. The van der Waals surface area contributed by atoms with Gasteiger partial charge in [-0.15, -0.1) is 0 Å². The van der Waals surface area contributed by atoms with Crippen molar-refractivity contribution >= 4 is 26.7 Å². The first-order chi connectivity index (χ1) is 7.15. The zero-order chi connectivity index (χ0) is 11.1. The lowest BCUT2D eigenvalue weighted by atomic mass is 9.93. The minimum atomic E-state index is -3.37. The molecule has 0 bridgehead atoms. The summed E-state index contributed by atoms with van der Waals surface area (Å²) in [5.41, 5.74) is -0.0174. The molecule has 90 valence electrons. The Kier molecular flexibility index (Phi) is 6.90. The fourth-order valence-electron chi connectivity index (χ4n) is 1.06. The van der Waals surface area contributed by atoms with E-state index in [1.165, 1.54) is 0 Å². The van der Waals surface area contributed by atoms with E-state index in [1.54, 1.807) is 0 Å². The van der Waals surface area contributed by atoms with Gasteiger partial charge in [-0.25, -0.2) is 0 Å². The van der Waals surface area contributed by atoms with E-state index in [1.807, 2.05) is 0 Å². The van der Waals surface area contributed by atoms with Gasteiger partial charge in [0.1, 0.15) is 0 Å². The van der Waals surface area contributed by atoms with Crippen molar-refractivity contribution in [1.29, 1.82) is 0 Å². The van der Waals surface area contributed by atoms with E-state index in [0.29, 0.717) is 26.4 Å². The first-order valence-electron chi connectivity index (χ1n) is 3.93. The maximum atomic E-state index is 8.48. The van der Waals surface area contributed by atoms with E-state index >= 15 is 0 Å². The Hall–Kier alpha value is 1.01. The minimum Gasteiger partial charge on any atom is -0.854 e. The molecular weight excluding hydrogens is 265 g/mol. The molecule has 0 aromatic carbocycles. The van der Waals surface area contributed by atoms with Crippen molar-refractivity contribution in [1.82, 2.24) is 0 Å². The maximum absolute atomic E-state index is 8.48. The van der Waals surface area contributed by atoms with Gasteiger partial charge in [0, 0.05) is 0 Å². The van der Waals surface area contributed by atoms with Gasteiger partial charge in [0.2, 0.25) is 0 Å². The monoisotopic (exact) mass is 275 g/mol. The van der Waals surface area contributed by atoms with E-state index in [9.17, 15) is 0 Å². The first-order valence-corrected chi connectivity index (χ1v) is 6.66. The van der Waals surface area contributed by atoms with E-state index in [-0.39, 0.29) is 23.5 Å². The van der Waals surface area contributed by atoms with Gasteiger partial charge in [0.15, 0.2) is 18.1 Å². The highest BCUT2D eigenvalue weighted by atomic mass is 31.2. The molecule has 10 heteroatoms. The molecule has 15 heavy (non-hydrogen) atoms. The van der Waals surface area contributed by atoms with E-state index in [2.05, 4.69) is 0 Å². The van der Waals surface area contributed by atoms with E-state index in [4.69, 9.17) is 32.8 Å². The summed E-state index contributed by atoms with van der Waals surface area (Å²) in [5.74, 6) is 0. The van der Waals surface area contributed by atoms with Crippen LogP contribution in [0.5, 0.6) is 0 Å². The molecule has 7 nitrogen and oxygen atoms in total. The largest absolute Gasteiger partial charge is 0.854 e. The molecule has 0 aliphatic carbocycles. The summed E-state index contributed by atoms with van der Waals surface area (Å²) in [4.78, 5) is 25.4. The van der Waals surface area contributed by atoms with Gasteiger partial charge in [-0.1, -0.05) is 0 Å². The van der Waals surface area contributed by atoms with Gasteiger partial charge in [-0.3, -0.25) is 0 Å². The quantitative estimate of drug-likeness (QED) is 0.489. The van der Waals surface area contributed by atoms with Crippen LogP contribution in [0.2, 0.25) is 0 Å². The lowest BCUT2D eigenvalue weighted by Crippen LogP contribution is -2.42. The van der Waals surface area contributed by atoms with Crippen LogP contribution < -0.4 is 14.7 Å². The Bertz CT molecular complexity index is 146. The average molecular weight is 275 g/mol. The fourth-order valence-corrected chi connectivity index (χ4v) is 2.69. The minimum absolute atomic E-state index is 0.0174. The van der Waals surface area contributed by atoms with Gasteiger partial charge >= 0.3 is 0 Å². The predicted molar refractivity (Wildman–Crippen MR) is 49.8 cm³/mol. The van der Waals surface area contributed by atoms with Crippen LogP contribution in [0.15, 0.2) is 0 Å². The topological polar surface area (TPSA) is 106 Å². The maximum Gasteiger partial charge on any atom is 0.155 e. The Morgan fingerprint density at radius 3 is 1.33 bits per heavy atom. The Morgan fingerprint density at radius 1 is 0.800 bits per heavy atom. The van der Waals surface area contributed by atoms with Crippen molar-refractivity contribution in [2.75, 3.05) is 26.4 Å². The molecule has 0 aromatic heterocycles. The normalized spacial score (nSPS) is 34.4. The van der Waals surface area contributed by atoms with Crippen molar-refractivity contribution in [2.45, 2.75) is 0 Å². The summed E-state index contributed by atoms with van der Waals surface area (Å²) in [5, 5.41) is 0. The van der Waals surface area contributed by atoms with E-state index < -0.39 is 8.60 Å². The molecule has 2 saturated heterocycles. The molecule has 0 aromatic rings. The molecule has 2 fully saturated rings. The predicted octanol–water partition coefficient (Wildman–Crippen LogP) is -1.62. The lowest BCUT2D eigenvalue weighted by Gasteiger charge is -2.39. The highest BCUT2D eigenvalue weighted by Crippen LogP contribution is 2.38. The Balaban J connectivity index is 0.000000245. The zero-order valence-corrected chi connectivity index (χ0v) is 10.5. The van der Waals surface area contributed by atoms with Crippen molar-refractivity contribution in [3.05, 3.63) is 0 Å². The Labute approximate surface area is 92.0 Å². The van der Waals surface area contributed by atoms with Crippen LogP contribution in [0.1, 0.15) is 0 Å². The second kappa shape index (κ2) is 7.36. The van der Waals surface area contributed by atoms with Gasteiger partial charge in [-0.2, -0.15) is 0 Å². The molecule has 0 radical (unpaired) electrons. The summed E-state index contributed by atoms with van der Waals surface area (Å²) in [6, 6.07) is 0. The summed E-state index contributed by atoms with van der Waals surface area (Å²) >= 11 is 0. The highest BCUT2D eigenvalue weighted by molar-refractivity contribution is 7.33. The van der Waals surface area contributed by atoms with Crippen molar-refractivity contribution in [3.8, 4) is 0 Å². The van der Waals surface area contributed by atoms with Crippen molar-refractivity contribution < 1.29 is 32.8 Å². The van der Waals surface area contributed by atoms with Crippen LogP contribution in [0.25, 0.3) is 0 Å². The average Bonchev–Trinajstić information content (AvgIpc) is 2.19. The second-order valence-corrected chi connectivity index (χ2v) is 4.98. The molecule has 0 atom stereocenters. The summed E-state index contributed by atoms with van der Waals surface area (Å²) < 4.78 is 20.8. The summed E-state index contributed by atoms with van der Waals surface area (Å²) in [6.45, 7) is 2.82. The SMILES string of the molecule is C1OPOCC12COPOC2.[O-]P([O-])[O-]. The van der Waals surface area contributed by atoms with Crippen LogP contribution >= 0.6 is 26.7 Å². The number of rotatable bonds is 0. The molecule has 1 spiro atoms. The van der Waals surface area contributed by atoms with Crippen LogP contribution in [0.4, 0.5) is 0 Å². The van der Waals surface area contributed by atoms with Gasteiger partial charge in [0.25, 0.3) is 0 Å². The molecule has 0 saturated carbocycles. The van der Waals surface area contributed by atoms with Crippen molar-refractivity contribution in [3.63, 3.8) is 0 Å². The first kappa shape index (κ1) is 14.1. The fraction of sp³-hybridized carbons (Fsp3) is 1.00. The molecule has 2 aliphatic rings. The van der Waals surface area contributed by atoms with Crippen LogP contribution in [0, 0.1) is 5.41 Å². The third-order valence-electron chi connectivity index (χ3n) is 1.75. The van der Waals surface area contributed by atoms with Crippen LogP contribution in [-0.2, 0) is 18.1 Å². The number of hydrogen-bond donors (Lipinski definition) is 0. The third-order valence-corrected chi connectivity index (χ3v) is 2.80. The third kappa shape index (κ3) is 5.76. The van der Waals surface area contributed by atoms with Gasteiger partial charge in [0.05, 0.1) is 31.8 Å². The summed E-state index contributed by atoms with van der Waals surface area (Å²) in [6.07, 6.45) is 0.